The highest BCUT2D eigenvalue weighted by Gasteiger charge is 2.09. The van der Waals surface area contributed by atoms with Gasteiger partial charge in [-0.3, -0.25) is 0 Å². The second kappa shape index (κ2) is 6.43. The quantitative estimate of drug-likeness (QED) is 0.904. The van der Waals surface area contributed by atoms with E-state index in [1.165, 1.54) is 0 Å². The van der Waals surface area contributed by atoms with E-state index in [2.05, 4.69) is 13.0 Å². The molecule has 0 spiro atoms. The molecule has 2 rings (SSSR count). The molecule has 0 bridgehead atoms. The van der Waals surface area contributed by atoms with Gasteiger partial charge in [-0.05, 0) is 61.2 Å². The number of aryl methyl sites for hydroxylation is 2. The highest BCUT2D eigenvalue weighted by Crippen LogP contribution is 2.30. The Labute approximate surface area is 126 Å². The van der Waals surface area contributed by atoms with Crippen molar-refractivity contribution >= 4 is 0 Å². The molecule has 3 nitrogen and oxygen atoms in total. The lowest BCUT2D eigenvalue weighted by molar-refractivity contribution is 0.474. The summed E-state index contributed by atoms with van der Waals surface area (Å²) in [4.78, 5) is 0. The summed E-state index contributed by atoms with van der Waals surface area (Å²) in [5.41, 5.74) is 9.69. The number of ether oxygens (including phenoxy) is 1. The maximum atomic E-state index is 8.97. The second-order valence-electron chi connectivity index (χ2n) is 5.24. The minimum atomic E-state index is 0.0671. The Hall–Kier alpha value is -2.31. The van der Waals surface area contributed by atoms with Crippen LogP contribution in [0.25, 0.3) is 0 Å². The molecule has 21 heavy (non-hydrogen) atoms. The summed E-state index contributed by atoms with van der Waals surface area (Å²) in [6.45, 7) is 5.97. The van der Waals surface area contributed by atoms with Crippen LogP contribution in [0.4, 0.5) is 0 Å². The molecule has 0 fully saturated rings. The van der Waals surface area contributed by atoms with E-state index in [1.54, 1.807) is 0 Å². The maximum Gasteiger partial charge on any atom is 0.133 e. The van der Waals surface area contributed by atoms with Crippen molar-refractivity contribution in [1.29, 1.82) is 5.26 Å². The summed E-state index contributed by atoms with van der Waals surface area (Å²) in [6, 6.07) is 13.8. The Morgan fingerprint density at radius 1 is 1.14 bits per heavy atom. The molecule has 2 aromatic carbocycles. The van der Waals surface area contributed by atoms with Crippen LogP contribution in [-0.4, -0.2) is 0 Å². The highest BCUT2D eigenvalue weighted by molar-refractivity contribution is 5.49. The third kappa shape index (κ3) is 3.42. The number of hydrogen-bond acceptors (Lipinski definition) is 3. The Morgan fingerprint density at radius 2 is 1.71 bits per heavy atom. The predicted molar refractivity (Wildman–Crippen MR) is 84.4 cm³/mol. The van der Waals surface area contributed by atoms with Crippen molar-refractivity contribution in [3.8, 4) is 17.6 Å². The zero-order valence-corrected chi connectivity index (χ0v) is 12.7. The molecule has 2 aromatic rings. The molecule has 0 unspecified atom stereocenters. The van der Waals surface area contributed by atoms with Gasteiger partial charge in [0.15, 0.2) is 0 Å². The van der Waals surface area contributed by atoms with Crippen LogP contribution >= 0.6 is 0 Å². The van der Waals surface area contributed by atoms with Crippen LogP contribution in [0, 0.1) is 25.2 Å². The van der Waals surface area contributed by atoms with E-state index in [0.29, 0.717) is 5.56 Å². The van der Waals surface area contributed by atoms with Gasteiger partial charge in [0.1, 0.15) is 11.5 Å². The summed E-state index contributed by atoms with van der Waals surface area (Å²) in [7, 11) is 0. The number of nitrogens with zero attached hydrogens (tertiary/aromatic N) is 1. The van der Waals surface area contributed by atoms with Gasteiger partial charge in [-0.2, -0.15) is 5.26 Å². The smallest absolute Gasteiger partial charge is 0.133 e. The van der Waals surface area contributed by atoms with E-state index in [-0.39, 0.29) is 6.04 Å². The number of nitrogens with two attached hydrogens (primary N) is 1. The third-order valence-corrected chi connectivity index (χ3v) is 3.56. The van der Waals surface area contributed by atoms with Crippen LogP contribution in [0.1, 0.15) is 41.6 Å². The van der Waals surface area contributed by atoms with E-state index in [9.17, 15) is 0 Å². The van der Waals surface area contributed by atoms with Gasteiger partial charge in [0.25, 0.3) is 0 Å². The lowest BCUT2D eigenvalue weighted by Gasteiger charge is -2.14. The lowest BCUT2D eigenvalue weighted by atomic mass is 10.1. The molecule has 108 valence electrons. The largest absolute Gasteiger partial charge is 0.457 e. The van der Waals surface area contributed by atoms with Gasteiger partial charge in [-0.1, -0.05) is 19.1 Å². The summed E-state index contributed by atoms with van der Waals surface area (Å²) < 4.78 is 5.96. The average molecular weight is 280 g/mol. The predicted octanol–water partition coefficient (Wildman–Crippen LogP) is 4.38. The normalized spacial score (nSPS) is 11.8. The zero-order valence-electron chi connectivity index (χ0n) is 12.7. The monoisotopic (exact) mass is 280 g/mol. The van der Waals surface area contributed by atoms with E-state index in [1.807, 2.05) is 50.2 Å². The topological polar surface area (TPSA) is 59.0 Å². The van der Waals surface area contributed by atoms with Crippen LogP contribution in [-0.2, 0) is 0 Å². The first-order valence-electron chi connectivity index (χ1n) is 7.10. The van der Waals surface area contributed by atoms with Crippen molar-refractivity contribution in [2.24, 2.45) is 5.73 Å². The Morgan fingerprint density at radius 3 is 2.19 bits per heavy atom. The maximum absolute atomic E-state index is 8.97. The summed E-state index contributed by atoms with van der Waals surface area (Å²) in [5.74, 6) is 1.58. The minimum absolute atomic E-state index is 0.0671. The van der Waals surface area contributed by atoms with Crippen LogP contribution in [0.15, 0.2) is 36.4 Å². The second-order valence-corrected chi connectivity index (χ2v) is 5.24. The average Bonchev–Trinajstić information content (AvgIpc) is 2.50. The summed E-state index contributed by atoms with van der Waals surface area (Å²) in [6.07, 6.45) is 0.911. The van der Waals surface area contributed by atoms with Gasteiger partial charge in [0.05, 0.1) is 11.6 Å². The minimum Gasteiger partial charge on any atom is -0.457 e. The molecular weight excluding hydrogens is 260 g/mol. The zero-order chi connectivity index (χ0) is 15.4. The first-order chi connectivity index (χ1) is 10.0. The van der Waals surface area contributed by atoms with E-state index in [0.717, 1.165) is 34.6 Å². The van der Waals surface area contributed by atoms with Crippen molar-refractivity contribution in [1.82, 2.24) is 0 Å². The fourth-order valence-corrected chi connectivity index (χ4v) is 2.31. The molecule has 0 aliphatic carbocycles. The van der Waals surface area contributed by atoms with Gasteiger partial charge >= 0.3 is 0 Å². The Bertz CT molecular complexity index is 646. The van der Waals surface area contributed by atoms with Crippen molar-refractivity contribution < 1.29 is 4.74 Å². The Balaban J connectivity index is 2.25. The van der Waals surface area contributed by atoms with Gasteiger partial charge in [-0.15, -0.1) is 0 Å². The van der Waals surface area contributed by atoms with E-state index in [4.69, 9.17) is 15.7 Å². The first kappa shape index (κ1) is 15.1. The molecule has 0 amide bonds. The van der Waals surface area contributed by atoms with Crippen LogP contribution in [0.5, 0.6) is 11.5 Å². The van der Waals surface area contributed by atoms with Crippen LogP contribution in [0.3, 0.4) is 0 Å². The number of benzene rings is 2. The number of rotatable bonds is 4. The molecular formula is C18H20N2O. The molecule has 0 heterocycles. The highest BCUT2D eigenvalue weighted by atomic mass is 16.5. The van der Waals surface area contributed by atoms with Gasteiger partial charge in [-0.25, -0.2) is 0 Å². The van der Waals surface area contributed by atoms with Crippen molar-refractivity contribution in [3.05, 3.63) is 58.7 Å². The number of hydrogen-bond donors (Lipinski definition) is 1. The lowest BCUT2D eigenvalue weighted by Crippen LogP contribution is -2.08. The summed E-state index contributed by atoms with van der Waals surface area (Å²) >= 11 is 0. The SMILES string of the molecule is CC[C@@H](N)c1ccc(Oc2c(C)cc(C#N)cc2C)cc1. The molecule has 0 saturated heterocycles. The standard InChI is InChI=1S/C18H20N2O/c1-4-17(20)15-5-7-16(8-6-15)21-18-12(2)9-14(11-19)10-13(18)3/h5-10,17H,4,20H2,1-3H3/t17-/m1/s1. The third-order valence-electron chi connectivity index (χ3n) is 3.56. The van der Waals surface area contributed by atoms with Gasteiger partial charge in [0, 0.05) is 6.04 Å². The molecule has 2 N–H and O–H groups in total. The molecule has 3 heteroatoms. The van der Waals surface area contributed by atoms with Crippen LogP contribution in [0.2, 0.25) is 0 Å². The van der Waals surface area contributed by atoms with Gasteiger partial charge in [0.2, 0.25) is 0 Å². The fourth-order valence-electron chi connectivity index (χ4n) is 2.31. The first-order valence-corrected chi connectivity index (χ1v) is 7.10. The number of nitriles is 1. The molecule has 0 aromatic heterocycles. The van der Waals surface area contributed by atoms with E-state index < -0.39 is 0 Å². The van der Waals surface area contributed by atoms with E-state index >= 15 is 0 Å². The molecule has 0 saturated carbocycles. The van der Waals surface area contributed by atoms with Crippen molar-refractivity contribution in [2.45, 2.75) is 33.2 Å². The molecule has 0 aliphatic heterocycles. The molecule has 1 atom stereocenters. The van der Waals surface area contributed by atoms with Gasteiger partial charge < -0.3 is 10.5 Å². The van der Waals surface area contributed by atoms with Crippen LogP contribution < -0.4 is 10.5 Å². The fraction of sp³-hybridized carbons (Fsp3) is 0.278. The van der Waals surface area contributed by atoms with Crippen molar-refractivity contribution in [2.75, 3.05) is 0 Å². The van der Waals surface area contributed by atoms with Crippen molar-refractivity contribution in [3.63, 3.8) is 0 Å². The Kier molecular flexibility index (Phi) is 4.62. The molecule has 0 aliphatic rings. The molecule has 0 radical (unpaired) electrons. The summed E-state index contributed by atoms with van der Waals surface area (Å²) in [5, 5.41) is 8.97.